The first-order valence-corrected chi connectivity index (χ1v) is 5.44. The molecule has 92 valence electrons. The predicted octanol–water partition coefficient (Wildman–Crippen LogP) is 3.26. The van der Waals surface area contributed by atoms with Gasteiger partial charge in [0.1, 0.15) is 0 Å². The van der Waals surface area contributed by atoms with E-state index in [1.165, 1.54) is 6.07 Å². The van der Waals surface area contributed by atoms with Gasteiger partial charge in [-0.25, -0.2) is 8.78 Å². The van der Waals surface area contributed by atoms with Crippen molar-refractivity contribution in [2.75, 3.05) is 11.9 Å². The average Bonchev–Trinajstić information content (AvgIpc) is 2.40. The van der Waals surface area contributed by atoms with Gasteiger partial charge in [-0.2, -0.15) is 0 Å². The molecule has 0 aliphatic heterocycles. The Balaban J connectivity index is 2.02. The van der Waals surface area contributed by atoms with Gasteiger partial charge in [-0.05, 0) is 30.3 Å². The van der Waals surface area contributed by atoms with E-state index in [9.17, 15) is 13.6 Å². The Labute approximate surface area is 103 Å². The number of anilines is 1. The van der Waals surface area contributed by atoms with Crippen molar-refractivity contribution >= 4 is 11.5 Å². The van der Waals surface area contributed by atoms with Crippen LogP contribution in [0.5, 0.6) is 0 Å². The number of carbonyl (C=O) groups is 1. The predicted molar refractivity (Wildman–Crippen MR) is 65.6 cm³/mol. The molecule has 0 radical (unpaired) electrons. The molecule has 18 heavy (non-hydrogen) atoms. The van der Waals surface area contributed by atoms with Crippen molar-refractivity contribution in [3.8, 4) is 0 Å². The number of ketones is 1. The Kier molecular flexibility index (Phi) is 3.67. The molecule has 0 atom stereocenters. The topological polar surface area (TPSA) is 29.1 Å². The second-order valence-corrected chi connectivity index (χ2v) is 3.77. The van der Waals surface area contributed by atoms with Crippen LogP contribution in [-0.2, 0) is 0 Å². The minimum Gasteiger partial charge on any atom is -0.378 e. The molecular formula is C14H11F2NO. The lowest BCUT2D eigenvalue weighted by atomic mass is 10.1. The van der Waals surface area contributed by atoms with Gasteiger partial charge in [-0.3, -0.25) is 4.79 Å². The van der Waals surface area contributed by atoms with E-state index in [4.69, 9.17) is 0 Å². The summed E-state index contributed by atoms with van der Waals surface area (Å²) >= 11 is 0. The Hall–Kier alpha value is -2.23. The second kappa shape index (κ2) is 5.40. The number of hydrogen-bond donors (Lipinski definition) is 1. The van der Waals surface area contributed by atoms with E-state index >= 15 is 0 Å². The normalized spacial score (nSPS) is 10.1. The fourth-order valence-electron chi connectivity index (χ4n) is 1.51. The van der Waals surface area contributed by atoms with Gasteiger partial charge < -0.3 is 5.32 Å². The fraction of sp³-hybridized carbons (Fsp3) is 0.0714. The van der Waals surface area contributed by atoms with E-state index in [0.717, 1.165) is 17.8 Å². The van der Waals surface area contributed by atoms with Gasteiger partial charge in [-0.15, -0.1) is 0 Å². The largest absolute Gasteiger partial charge is 0.378 e. The molecule has 0 aromatic heterocycles. The van der Waals surface area contributed by atoms with Crippen molar-refractivity contribution in [2.24, 2.45) is 0 Å². The lowest BCUT2D eigenvalue weighted by Gasteiger charge is -2.05. The minimum atomic E-state index is -1.01. The maximum atomic E-state index is 13.0. The summed E-state index contributed by atoms with van der Waals surface area (Å²) < 4.78 is 25.7. The maximum Gasteiger partial charge on any atom is 0.181 e. The zero-order valence-electron chi connectivity index (χ0n) is 9.49. The summed E-state index contributed by atoms with van der Waals surface area (Å²) in [5, 5.41) is 2.91. The first-order valence-electron chi connectivity index (χ1n) is 5.44. The molecule has 0 heterocycles. The zero-order chi connectivity index (χ0) is 13.0. The van der Waals surface area contributed by atoms with Crippen molar-refractivity contribution in [1.29, 1.82) is 0 Å². The SMILES string of the molecule is O=C(CNc1ccccc1)c1ccc(F)c(F)c1. The molecule has 0 saturated carbocycles. The molecule has 2 aromatic carbocycles. The van der Waals surface area contributed by atoms with Crippen LogP contribution in [0.1, 0.15) is 10.4 Å². The molecule has 0 unspecified atom stereocenters. The first kappa shape index (κ1) is 12.2. The lowest BCUT2D eigenvalue weighted by Crippen LogP contribution is -2.14. The molecule has 2 nitrogen and oxygen atoms in total. The lowest BCUT2D eigenvalue weighted by molar-refractivity contribution is 0.101. The number of carbonyl (C=O) groups excluding carboxylic acids is 1. The zero-order valence-corrected chi connectivity index (χ0v) is 9.49. The van der Waals surface area contributed by atoms with Crippen molar-refractivity contribution in [3.05, 3.63) is 65.7 Å². The monoisotopic (exact) mass is 247 g/mol. The summed E-state index contributed by atoms with van der Waals surface area (Å²) in [7, 11) is 0. The van der Waals surface area contributed by atoms with Crippen LogP contribution in [0.2, 0.25) is 0 Å². The average molecular weight is 247 g/mol. The van der Waals surface area contributed by atoms with Crippen molar-refractivity contribution in [1.82, 2.24) is 0 Å². The molecule has 1 N–H and O–H groups in total. The Morgan fingerprint density at radius 3 is 2.39 bits per heavy atom. The van der Waals surface area contributed by atoms with Crippen LogP contribution in [0.4, 0.5) is 14.5 Å². The van der Waals surface area contributed by atoms with E-state index in [1.54, 1.807) is 0 Å². The van der Waals surface area contributed by atoms with Gasteiger partial charge >= 0.3 is 0 Å². The maximum absolute atomic E-state index is 13.0. The quantitative estimate of drug-likeness (QED) is 0.840. The van der Waals surface area contributed by atoms with Gasteiger partial charge in [0.25, 0.3) is 0 Å². The van der Waals surface area contributed by atoms with Gasteiger partial charge in [-0.1, -0.05) is 18.2 Å². The summed E-state index contributed by atoms with van der Waals surface area (Å²) in [5.41, 5.74) is 0.950. The molecule has 0 spiro atoms. The van der Waals surface area contributed by atoms with Gasteiger partial charge in [0.2, 0.25) is 0 Å². The number of Topliss-reactive ketones (excluding diaryl/α,β-unsaturated/α-hetero) is 1. The molecule has 0 fully saturated rings. The van der Waals surface area contributed by atoms with Crippen LogP contribution < -0.4 is 5.32 Å². The van der Waals surface area contributed by atoms with E-state index in [-0.39, 0.29) is 17.9 Å². The highest BCUT2D eigenvalue weighted by atomic mass is 19.2. The summed E-state index contributed by atoms with van der Waals surface area (Å²) in [4.78, 5) is 11.7. The minimum absolute atomic E-state index is 0.0368. The number of nitrogens with one attached hydrogen (secondary N) is 1. The van der Waals surface area contributed by atoms with Crippen molar-refractivity contribution < 1.29 is 13.6 Å². The Bertz CT molecular complexity index is 555. The highest BCUT2D eigenvalue weighted by molar-refractivity contribution is 5.98. The molecule has 4 heteroatoms. The number of rotatable bonds is 4. The van der Waals surface area contributed by atoms with E-state index in [1.807, 2.05) is 30.3 Å². The van der Waals surface area contributed by atoms with E-state index in [0.29, 0.717) is 0 Å². The molecule has 0 saturated heterocycles. The summed E-state index contributed by atoms with van der Waals surface area (Å²) in [6, 6.07) is 12.3. The van der Waals surface area contributed by atoms with Gasteiger partial charge in [0.05, 0.1) is 6.54 Å². The molecule has 0 aliphatic carbocycles. The van der Waals surface area contributed by atoms with E-state index in [2.05, 4.69) is 5.32 Å². The van der Waals surface area contributed by atoms with Crippen molar-refractivity contribution in [2.45, 2.75) is 0 Å². The van der Waals surface area contributed by atoms with E-state index < -0.39 is 11.6 Å². The van der Waals surface area contributed by atoms with Crippen LogP contribution in [0, 0.1) is 11.6 Å². The van der Waals surface area contributed by atoms with Gasteiger partial charge in [0, 0.05) is 11.3 Å². The molecule has 2 rings (SSSR count). The molecule has 2 aromatic rings. The molecular weight excluding hydrogens is 236 g/mol. The standard InChI is InChI=1S/C14H11F2NO/c15-12-7-6-10(8-13(12)16)14(18)9-17-11-4-2-1-3-5-11/h1-8,17H,9H2. The fourth-order valence-corrected chi connectivity index (χ4v) is 1.51. The smallest absolute Gasteiger partial charge is 0.181 e. The third-order valence-electron chi connectivity index (χ3n) is 2.47. The van der Waals surface area contributed by atoms with Crippen LogP contribution in [-0.4, -0.2) is 12.3 Å². The van der Waals surface area contributed by atoms with Crippen LogP contribution in [0.3, 0.4) is 0 Å². The number of para-hydroxylation sites is 1. The highest BCUT2D eigenvalue weighted by Gasteiger charge is 2.09. The number of halogens is 2. The van der Waals surface area contributed by atoms with Crippen LogP contribution in [0.25, 0.3) is 0 Å². The first-order chi connectivity index (χ1) is 8.66. The second-order valence-electron chi connectivity index (χ2n) is 3.77. The Morgan fingerprint density at radius 1 is 1.00 bits per heavy atom. The third kappa shape index (κ3) is 2.91. The van der Waals surface area contributed by atoms with Crippen LogP contribution in [0.15, 0.2) is 48.5 Å². The number of benzene rings is 2. The number of hydrogen-bond acceptors (Lipinski definition) is 2. The highest BCUT2D eigenvalue weighted by Crippen LogP contribution is 2.10. The molecule has 0 aliphatic rings. The third-order valence-corrected chi connectivity index (χ3v) is 2.47. The van der Waals surface area contributed by atoms with Gasteiger partial charge in [0.15, 0.2) is 17.4 Å². The summed E-state index contributed by atoms with van der Waals surface area (Å²) in [5.74, 6) is -2.26. The molecule has 0 amide bonds. The Morgan fingerprint density at radius 2 is 1.72 bits per heavy atom. The molecule has 0 bridgehead atoms. The van der Waals surface area contributed by atoms with Crippen molar-refractivity contribution in [3.63, 3.8) is 0 Å². The van der Waals surface area contributed by atoms with Crippen LogP contribution >= 0.6 is 0 Å². The summed E-state index contributed by atoms with van der Waals surface area (Å²) in [6.45, 7) is 0.0368. The summed E-state index contributed by atoms with van der Waals surface area (Å²) in [6.07, 6.45) is 0.